The SMILES string of the molecule is C=CCO[C@@]12Oc3ccc(O)cc3[C@H]3[C@H](CCCCO)[C@@H](CCCCO)C=C(C(=NOC4CCCCO4)C[C@@H]1N(Cc1ccc(F)cc1)C(=O)OC)[C@H]32. The fourth-order valence-electron chi connectivity index (χ4n) is 8.78. The summed E-state index contributed by atoms with van der Waals surface area (Å²) >= 11 is 0. The van der Waals surface area contributed by atoms with Gasteiger partial charge in [0.1, 0.15) is 23.4 Å². The third-order valence-corrected chi connectivity index (χ3v) is 11.1. The van der Waals surface area contributed by atoms with Gasteiger partial charge in [0.25, 0.3) is 0 Å². The van der Waals surface area contributed by atoms with Crippen molar-refractivity contribution in [1.29, 1.82) is 0 Å². The molecule has 1 unspecified atom stereocenters. The highest BCUT2D eigenvalue weighted by atomic mass is 19.1. The number of hydrogen-bond acceptors (Lipinski definition) is 10. The van der Waals surface area contributed by atoms with E-state index in [1.165, 1.54) is 19.2 Å². The summed E-state index contributed by atoms with van der Waals surface area (Å²) in [6.45, 7) is 4.84. The highest BCUT2D eigenvalue weighted by Crippen LogP contribution is 2.62. The largest absolute Gasteiger partial charge is 0.508 e. The monoisotopic (exact) mass is 736 g/mol. The molecule has 53 heavy (non-hydrogen) atoms. The minimum absolute atomic E-state index is 0.0106. The second kappa shape index (κ2) is 17.9. The first-order valence-corrected chi connectivity index (χ1v) is 19.0. The first kappa shape index (κ1) is 38.7. The van der Waals surface area contributed by atoms with E-state index in [4.69, 9.17) is 28.9 Å². The van der Waals surface area contributed by atoms with E-state index in [2.05, 4.69) is 12.7 Å². The summed E-state index contributed by atoms with van der Waals surface area (Å²) < 4.78 is 39.3. The van der Waals surface area contributed by atoms with Crippen molar-refractivity contribution < 1.29 is 48.3 Å². The van der Waals surface area contributed by atoms with Gasteiger partial charge in [-0.1, -0.05) is 42.3 Å². The molecule has 0 radical (unpaired) electrons. The van der Waals surface area contributed by atoms with Gasteiger partial charge in [0.2, 0.25) is 12.1 Å². The number of phenolic OH excluding ortho intramolecular Hbond substituents is 1. The zero-order valence-electron chi connectivity index (χ0n) is 30.5. The molecule has 1 saturated carbocycles. The molecular weight excluding hydrogens is 683 g/mol. The van der Waals surface area contributed by atoms with Crippen molar-refractivity contribution in [1.82, 2.24) is 4.90 Å². The number of unbranched alkanes of at least 4 members (excludes halogenated alkanes) is 2. The lowest BCUT2D eigenvalue weighted by Crippen LogP contribution is -2.70. The highest BCUT2D eigenvalue weighted by molar-refractivity contribution is 6.03. The summed E-state index contributed by atoms with van der Waals surface area (Å²) in [6.07, 6.45) is 9.96. The summed E-state index contributed by atoms with van der Waals surface area (Å²) in [5.74, 6) is -2.03. The van der Waals surface area contributed by atoms with Crippen LogP contribution in [0.3, 0.4) is 0 Å². The Morgan fingerprint density at radius 3 is 2.57 bits per heavy atom. The highest BCUT2D eigenvalue weighted by Gasteiger charge is 2.65. The van der Waals surface area contributed by atoms with E-state index in [0.717, 1.165) is 49.7 Å². The van der Waals surface area contributed by atoms with Gasteiger partial charge in [-0.15, -0.1) is 6.58 Å². The molecule has 12 heteroatoms. The molecule has 0 bridgehead atoms. The Kier molecular flexibility index (Phi) is 13.1. The Morgan fingerprint density at radius 1 is 1.09 bits per heavy atom. The van der Waals surface area contributed by atoms with Crippen LogP contribution in [0.1, 0.15) is 81.3 Å². The minimum Gasteiger partial charge on any atom is -0.508 e. The van der Waals surface area contributed by atoms with E-state index >= 15 is 0 Å². The number of aromatic hydroxyl groups is 1. The van der Waals surface area contributed by atoms with Gasteiger partial charge in [0.15, 0.2) is 0 Å². The maximum absolute atomic E-state index is 14.0. The normalized spacial score (nSPS) is 28.2. The maximum atomic E-state index is 14.0. The fraction of sp³-hybridized carbons (Fsp3) is 0.561. The van der Waals surface area contributed by atoms with E-state index in [0.29, 0.717) is 42.9 Å². The van der Waals surface area contributed by atoms with Crippen LogP contribution < -0.4 is 4.74 Å². The average Bonchev–Trinajstić information content (AvgIpc) is 3.17. The van der Waals surface area contributed by atoms with Gasteiger partial charge in [-0.2, -0.15) is 0 Å². The van der Waals surface area contributed by atoms with Gasteiger partial charge in [-0.3, -0.25) is 4.90 Å². The van der Waals surface area contributed by atoms with Gasteiger partial charge >= 0.3 is 6.09 Å². The second-order valence-corrected chi connectivity index (χ2v) is 14.4. The number of aliphatic hydroxyl groups is 2. The Balaban J connectivity index is 1.58. The lowest BCUT2D eigenvalue weighted by molar-refractivity contribution is -0.256. The van der Waals surface area contributed by atoms with E-state index in [1.54, 1.807) is 41.3 Å². The molecule has 6 rings (SSSR count). The van der Waals surface area contributed by atoms with Crippen LogP contribution in [0, 0.1) is 23.6 Å². The van der Waals surface area contributed by atoms with Crippen molar-refractivity contribution >= 4 is 11.8 Å². The van der Waals surface area contributed by atoms with Gasteiger partial charge < -0.3 is 39.1 Å². The van der Waals surface area contributed by atoms with Crippen LogP contribution >= 0.6 is 0 Å². The number of allylic oxidation sites excluding steroid dienone is 1. The molecule has 2 fully saturated rings. The number of carbonyl (C=O) groups excluding carboxylic acids is 1. The second-order valence-electron chi connectivity index (χ2n) is 14.4. The van der Waals surface area contributed by atoms with Crippen LogP contribution in [-0.4, -0.2) is 83.7 Å². The van der Waals surface area contributed by atoms with Gasteiger partial charge in [0, 0.05) is 44.1 Å². The van der Waals surface area contributed by atoms with Crippen LogP contribution in [0.4, 0.5) is 9.18 Å². The third kappa shape index (κ3) is 8.41. The Morgan fingerprint density at radius 2 is 1.87 bits per heavy atom. The zero-order valence-corrected chi connectivity index (χ0v) is 30.5. The number of amides is 1. The number of methoxy groups -OCH3 is 1. The molecule has 2 aliphatic carbocycles. The van der Waals surface area contributed by atoms with Crippen molar-refractivity contribution in [3.63, 3.8) is 0 Å². The number of benzene rings is 2. The number of ether oxygens (including phenoxy) is 4. The van der Waals surface area contributed by atoms with Crippen molar-refractivity contribution in [3.05, 3.63) is 83.7 Å². The van der Waals surface area contributed by atoms with Crippen molar-refractivity contribution in [2.24, 2.45) is 22.9 Å². The topological polar surface area (TPSA) is 140 Å². The first-order valence-electron chi connectivity index (χ1n) is 19.0. The lowest BCUT2D eigenvalue weighted by Gasteiger charge is -2.59. The Labute approximate surface area is 311 Å². The van der Waals surface area contributed by atoms with E-state index in [-0.39, 0.29) is 56.3 Å². The predicted molar refractivity (Wildman–Crippen MR) is 196 cm³/mol. The molecule has 0 spiro atoms. The summed E-state index contributed by atoms with van der Waals surface area (Å²) in [7, 11) is 1.32. The van der Waals surface area contributed by atoms with Crippen molar-refractivity contribution in [2.75, 3.05) is 33.5 Å². The predicted octanol–water partition coefficient (Wildman–Crippen LogP) is 6.96. The number of aliphatic hydroxyl groups excluding tert-OH is 2. The zero-order chi connectivity index (χ0) is 37.4. The van der Waals surface area contributed by atoms with Crippen LogP contribution in [0.25, 0.3) is 0 Å². The number of nitrogens with zero attached hydrogens (tertiary/aromatic N) is 2. The summed E-state index contributed by atoms with van der Waals surface area (Å²) in [5.41, 5.74) is 2.99. The molecule has 0 aromatic heterocycles. The molecule has 2 aromatic carbocycles. The number of phenols is 1. The quantitative estimate of drug-likeness (QED) is 0.0949. The molecule has 2 aliphatic heterocycles. The number of oxime groups is 1. The number of hydrogen-bond donors (Lipinski definition) is 3. The molecule has 3 N–H and O–H groups in total. The van der Waals surface area contributed by atoms with Gasteiger partial charge in [-0.05, 0) is 91.8 Å². The standard InChI is InChI=1S/C41H53FN2O9/c1-3-21-51-41-36(44(40(48)49-2)26-27-13-15-29(42)16-14-27)25-34(43-53-37-12-6-9-22-50-37)32-23-28(10-4-7-19-45)31(11-5-8-20-46)38(39(32)41)33-24-30(47)17-18-35(33)52-41/h3,13-18,23-24,28,31,36-39,45-47H,1,4-12,19-22,25-26H2,2H3/t28-,31+,36-,37?,38+,39+,41+/m0/s1. The molecule has 2 aromatic rings. The summed E-state index contributed by atoms with van der Waals surface area (Å²) in [4.78, 5) is 21.7. The van der Waals surface area contributed by atoms with Crippen molar-refractivity contribution in [3.8, 4) is 11.5 Å². The average molecular weight is 737 g/mol. The molecule has 2 heterocycles. The summed E-state index contributed by atoms with van der Waals surface area (Å²) in [5, 5.41) is 35.2. The minimum atomic E-state index is -1.49. The van der Waals surface area contributed by atoms with Crippen LogP contribution in [-0.2, 0) is 25.6 Å². The van der Waals surface area contributed by atoms with Gasteiger partial charge in [-0.25, -0.2) is 9.18 Å². The number of fused-ring (bicyclic) bond motifs is 2. The Hall–Kier alpha value is -3.97. The van der Waals surface area contributed by atoms with Crippen LogP contribution in [0.15, 0.2) is 71.9 Å². The van der Waals surface area contributed by atoms with E-state index in [1.807, 2.05) is 0 Å². The third-order valence-electron chi connectivity index (χ3n) is 11.1. The van der Waals surface area contributed by atoms with E-state index < -0.39 is 35.9 Å². The maximum Gasteiger partial charge on any atom is 0.410 e. The molecule has 11 nitrogen and oxygen atoms in total. The molecule has 4 aliphatic rings. The lowest BCUT2D eigenvalue weighted by atomic mass is 9.55. The van der Waals surface area contributed by atoms with E-state index in [9.17, 15) is 24.5 Å². The molecule has 1 amide bonds. The summed E-state index contributed by atoms with van der Waals surface area (Å²) in [6, 6.07) is 10.2. The number of halogens is 1. The first-order chi connectivity index (χ1) is 25.8. The molecule has 288 valence electrons. The van der Waals surface area contributed by atoms with Crippen molar-refractivity contribution in [2.45, 2.75) is 94.8 Å². The Bertz CT molecular complexity index is 1610. The number of carbonyl (C=O) groups is 1. The van der Waals surface area contributed by atoms with Gasteiger partial charge in [0.05, 0.1) is 32.0 Å². The molecular formula is C41H53FN2O9. The van der Waals surface area contributed by atoms with Crippen LogP contribution in [0.2, 0.25) is 0 Å². The fourth-order valence-corrected chi connectivity index (χ4v) is 8.78. The van der Waals surface area contributed by atoms with Crippen LogP contribution in [0.5, 0.6) is 11.5 Å². The molecule has 7 atom stereocenters. The smallest absolute Gasteiger partial charge is 0.410 e. The molecule has 1 saturated heterocycles. The number of rotatable bonds is 16.